The van der Waals surface area contributed by atoms with Crippen molar-refractivity contribution >= 4 is 39.0 Å². The second kappa shape index (κ2) is 7.19. The topological polar surface area (TPSA) is 76.3 Å². The molecule has 1 fully saturated rings. The highest BCUT2D eigenvalue weighted by molar-refractivity contribution is 9.11. The molecule has 1 aliphatic rings. The van der Waals surface area contributed by atoms with Gasteiger partial charge in [0.25, 0.3) is 18.1 Å². The number of carbonyl (C=O) groups is 1. The summed E-state index contributed by atoms with van der Waals surface area (Å²) in [6.07, 6.45) is 0.906. The van der Waals surface area contributed by atoms with Crippen LogP contribution in [0.4, 0.5) is 8.78 Å². The Balaban J connectivity index is 1.69. The lowest BCUT2D eigenvalue weighted by Crippen LogP contribution is -2.42. The Morgan fingerprint density at radius 2 is 2.22 bits per heavy atom. The Hall–Kier alpha value is -2.01. The number of piperidine rings is 1. The lowest BCUT2D eigenvalue weighted by Gasteiger charge is -2.37. The standard InChI is InChI=1S/C16H15BrF2N6OS/c1-8-2-3-24(14(26)12-5-20-15(17)27-12)6-9(8)11-4-10(13(18)19)23-16-21-7-22-25(11)16/h4-5,7-9,13H,2-3,6H2,1H3/t8-,9-/m1/s1. The molecule has 0 N–H and O–H groups in total. The molecule has 0 aliphatic carbocycles. The predicted octanol–water partition coefficient (Wildman–Crippen LogP) is 3.55. The Morgan fingerprint density at radius 3 is 2.93 bits per heavy atom. The van der Waals surface area contributed by atoms with Gasteiger partial charge in [0.2, 0.25) is 0 Å². The third kappa shape index (κ3) is 3.45. The van der Waals surface area contributed by atoms with E-state index in [0.717, 1.165) is 6.42 Å². The molecule has 0 bridgehead atoms. The number of fused-ring (bicyclic) bond motifs is 1. The normalized spacial score (nSPS) is 20.6. The molecule has 0 aromatic carbocycles. The molecule has 1 aliphatic heterocycles. The SMILES string of the molecule is C[C@@H]1CCN(C(=O)c2cnc(Br)s2)C[C@H]1c1cc(C(F)F)nc2ncnn12. The Morgan fingerprint density at radius 1 is 1.41 bits per heavy atom. The summed E-state index contributed by atoms with van der Waals surface area (Å²) in [5, 5.41) is 4.14. The maximum Gasteiger partial charge on any atom is 0.280 e. The van der Waals surface area contributed by atoms with Gasteiger partial charge in [0.05, 0.1) is 11.9 Å². The van der Waals surface area contributed by atoms with E-state index in [9.17, 15) is 13.6 Å². The Labute approximate surface area is 165 Å². The van der Waals surface area contributed by atoms with Crippen LogP contribution in [0.5, 0.6) is 0 Å². The highest BCUT2D eigenvalue weighted by Gasteiger charge is 2.33. The van der Waals surface area contributed by atoms with Gasteiger partial charge in [-0.25, -0.2) is 23.3 Å². The van der Waals surface area contributed by atoms with Crippen LogP contribution in [0.1, 0.15) is 46.7 Å². The van der Waals surface area contributed by atoms with Crippen molar-refractivity contribution in [3.8, 4) is 0 Å². The smallest absolute Gasteiger partial charge is 0.280 e. The van der Waals surface area contributed by atoms with Crippen molar-refractivity contribution in [3.63, 3.8) is 0 Å². The third-order valence-corrected chi connectivity index (χ3v) is 6.30. The van der Waals surface area contributed by atoms with Crippen molar-refractivity contribution < 1.29 is 13.6 Å². The van der Waals surface area contributed by atoms with E-state index in [1.165, 1.54) is 28.2 Å². The zero-order valence-electron chi connectivity index (χ0n) is 14.2. The molecule has 1 saturated heterocycles. The molecule has 4 heterocycles. The minimum absolute atomic E-state index is 0.104. The minimum Gasteiger partial charge on any atom is -0.337 e. The van der Waals surface area contributed by atoms with Crippen LogP contribution in [-0.4, -0.2) is 48.5 Å². The molecule has 0 unspecified atom stereocenters. The zero-order valence-corrected chi connectivity index (χ0v) is 16.6. The van der Waals surface area contributed by atoms with Gasteiger partial charge in [-0.1, -0.05) is 6.92 Å². The number of thiazole rings is 1. The van der Waals surface area contributed by atoms with E-state index in [4.69, 9.17) is 0 Å². The van der Waals surface area contributed by atoms with E-state index in [0.29, 0.717) is 27.6 Å². The van der Waals surface area contributed by atoms with Crippen LogP contribution in [0.25, 0.3) is 5.78 Å². The van der Waals surface area contributed by atoms with Crippen molar-refractivity contribution in [2.75, 3.05) is 13.1 Å². The van der Waals surface area contributed by atoms with E-state index < -0.39 is 6.43 Å². The summed E-state index contributed by atoms with van der Waals surface area (Å²) in [4.78, 5) is 27.0. The highest BCUT2D eigenvalue weighted by atomic mass is 79.9. The first kappa shape index (κ1) is 18.4. The largest absolute Gasteiger partial charge is 0.337 e. The van der Waals surface area contributed by atoms with Gasteiger partial charge < -0.3 is 4.90 Å². The van der Waals surface area contributed by atoms with Crippen LogP contribution in [-0.2, 0) is 0 Å². The molecule has 1 amide bonds. The van der Waals surface area contributed by atoms with Gasteiger partial charge in [0.15, 0.2) is 3.92 Å². The van der Waals surface area contributed by atoms with E-state index in [-0.39, 0.29) is 29.2 Å². The van der Waals surface area contributed by atoms with Crippen LogP contribution in [0, 0.1) is 5.92 Å². The summed E-state index contributed by atoms with van der Waals surface area (Å²) >= 11 is 4.54. The number of amides is 1. The average molecular weight is 457 g/mol. The number of nitrogens with zero attached hydrogens (tertiary/aromatic N) is 6. The number of hydrogen-bond donors (Lipinski definition) is 0. The highest BCUT2D eigenvalue weighted by Crippen LogP contribution is 2.34. The maximum atomic E-state index is 13.3. The maximum absolute atomic E-state index is 13.3. The first-order valence-corrected chi connectivity index (χ1v) is 9.94. The van der Waals surface area contributed by atoms with Crippen molar-refractivity contribution in [2.24, 2.45) is 5.92 Å². The predicted molar refractivity (Wildman–Crippen MR) is 98.0 cm³/mol. The summed E-state index contributed by atoms with van der Waals surface area (Å²) in [5.41, 5.74) is 0.274. The molecule has 11 heteroatoms. The van der Waals surface area contributed by atoms with E-state index in [2.05, 4.69) is 42.9 Å². The molecule has 2 atom stereocenters. The number of aromatic nitrogens is 5. The lowest BCUT2D eigenvalue weighted by atomic mass is 9.84. The number of rotatable bonds is 3. The molecule has 7 nitrogen and oxygen atoms in total. The van der Waals surface area contributed by atoms with Gasteiger partial charge in [-0.3, -0.25) is 4.79 Å². The molecule has 4 rings (SSSR count). The summed E-state index contributed by atoms with van der Waals surface area (Å²) in [6, 6.07) is 1.38. The van der Waals surface area contributed by atoms with E-state index >= 15 is 0 Å². The second-order valence-electron chi connectivity index (χ2n) is 6.48. The van der Waals surface area contributed by atoms with Crippen LogP contribution < -0.4 is 0 Å². The Kier molecular flexibility index (Phi) is 4.89. The Bertz CT molecular complexity index is 992. The first-order chi connectivity index (χ1) is 12.9. The summed E-state index contributed by atoms with van der Waals surface area (Å²) in [7, 11) is 0. The van der Waals surface area contributed by atoms with Crippen molar-refractivity contribution in [3.05, 3.63) is 38.8 Å². The van der Waals surface area contributed by atoms with Crippen LogP contribution in [0.15, 0.2) is 22.5 Å². The van der Waals surface area contributed by atoms with Gasteiger partial charge in [-0.05, 0) is 34.3 Å². The molecule has 0 saturated carbocycles. The van der Waals surface area contributed by atoms with Crippen molar-refractivity contribution in [1.29, 1.82) is 0 Å². The third-order valence-electron chi connectivity index (χ3n) is 4.84. The fourth-order valence-corrected chi connectivity index (χ4v) is 4.61. The van der Waals surface area contributed by atoms with Crippen LogP contribution in [0.3, 0.4) is 0 Å². The number of alkyl halides is 2. The lowest BCUT2D eigenvalue weighted by molar-refractivity contribution is 0.0670. The summed E-state index contributed by atoms with van der Waals surface area (Å²) < 4.78 is 28.7. The van der Waals surface area contributed by atoms with Gasteiger partial charge in [-0.15, -0.1) is 11.3 Å². The number of likely N-dealkylation sites (tertiary alicyclic amines) is 1. The molecule has 142 valence electrons. The molecular weight excluding hydrogens is 442 g/mol. The van der Waals surface area contributed by atoms with Crippen molar-refractivity contribution in [1.82, 2.24) is 29.5 Å². The second-order valence-corrected chi connectivity index (χ2v) is 8.79. The van der Waals surface area contributed by atoms with Gasteiger partial charge in [0, 0.05) is 19.0 Å². The van der Waals surface area contributed by atoms with E-state index in [1.807, 2.05) is 0 Å². The van der Waals surface area contributed by atoms with Crippen molar-refractivity contribution in [2.45, 2.75) is 25.7 Å². The molecule has 0 spiro atoms. The molecular formula is C16H15BrF2N6OS. The molecule has 3 aromatic rings. The monoisotopic (exact) mass is 456 g/mol. The molecule has 27 heavy (non-hydrogen) atoms. The zero-order chi connectivity index (χ0) is 19.1. The summed E-state index contributed by atoms with van der Waals surface area (Å²) in [5.74, 6) is 0.0873. The van der Waals surface area contributed by atoms with Crippen LogP contribution in [0.2, 0.25) is 0 Å². The van der Waals surface area contributed by atoms with Gasteiger partial charge >= 0.3 is 0 Å². The fraction of sp³-hybridized carbons (Fsp3) is 0.438. The first-order valence-electron chi connectivity index (χ1n) is 8.33. The average Bonchev–Trinajstić information content (AvgIpc) is 3.29. The minimum atomic E-state index is -2.70. The fourth-order valence-electron chi connectivity index (χ4n) is 3.38. The van der Waals surface area contributed by atoms with Gasteiger partial charge in [-0.2, -0.15) is 10.1 Å². The summed E-state index contributed by atoms with van der Waals surface area (Å²) in [6.45, 7) is 3.08. The van der Waals surface area contributed by atoms with Crippen LogP contribution >= 0.6 is 27.3 Å². The van der Waals surface area contributed by atoms with Gasteiger partial charge in [0.1, 0.15) is 16.9 Å². The van der Waals surface area contributed by atoms with E-state index in [1.54, 1.807) is 11.1 Å². The number of halogens is 3. The molecule has 3 aromatic heterocycles. The quantitative estimate of drug-likeness (QED) is 0.602. The number of carbonyl (C=O) groups excluding carboxylic acids is 1. The number of hydrogen-bond acceptors (Lipinski definition) is 6. The molecule has 0 radical (unpaired) electrons.